The highest BCUT2D eigenvalue weighted by molar-refractivity contribution is 7.99. The van der Waals surface area contributed by atoms with E-state index in [4.69, 9.17) is 11.6 Å². The van der Waals surface area contributed by atoms with Crippen molar-refractivity contribution in [3.63, 3.8) is 0 Å². The molecule has 2 aromatic carbocycles. The third-order valence-electron chi connectivity index (χ3n) is 5.32. The van der Waals surface area contributed by atoms with Gasteiger partial charge in [0.15, 0.2) is 5.16 Å². The third kappa shape index (κ3) is 5.05. The number of piperidine rings is 1. The molecule has 0 N–H and O–H groups in total. The quantitative estimate of drug-likeness (QED) is 0.513. The molecule has 0 aliphatic carbocycles. The number of thioether (sulfide) groups is 1. The van der Waals surface area contributed by atoms with Gasteiger partial charge >= 0.3 is 0 Å². The molecule has 0 radical (unpaired) electrons. The number of rotatable bonds is 6. The van der Waals surface area contributed by atoms with Gasteiger partial charge in [0, 0.05) is 30.2 Å². The molecule has 1 saturated heterocycles. The van der Waals surface area contributed by atoms with Crippen LogP contribution in [0.25, 0.3) is 5.69 Å². The number of carbonyl (C=O) groups excluding carboxylic acids is 1. The van der Waals surface area contributed by atoms with Crippen molar-refractivity contribution in [3.05, 3.63) is 71.0 Å². The van der Waals surface area contributed by atoms with Crippen LogP contribution < -0.4 is 0 Å². The van der Waals surface area contributed by atoms with Gasteiger partial charge in [0.1, 0.15) is 5.82 Å². The zero-order valence-corrected chi connectivity index (χ0v) is 18.6. The second-order valence-corrected chi connectivity index (χ2v) is 9.13. The van der Waals surface area contributed by atoms with E-state index in [1.165, 1.54) is 18.2 Å². The average Bonchev–Trinajstić information content (AvgIpc) is 3.15. The van der Waals surface area contributed by atoms with Crippen molar-refractivity contribution in [1.29, 1.82) is 0 Å². The van der Waals surface area contributed by atoms with Crippen LogP contribution in [-0.4, -0.2) is 44.4 Å². The van der Waals surface area contributed by atoms with E-state index in [-0.39, 0.29) is 5.91 Å². The molecule has 0 spiro atoms. The molecule has 1 aromatic heterocycles. The summed E-state index contributed by atoms with van der Waals surface area (Å²) in [5, 5.41) is 10.3. The number of likely N-dealkylation sites (tertiary alicyclic amines) is 1. The second kappa shape index (κ2) is 9.67. The van der Waals surface area contributed by atoms with Gasteiger partial charge in [-0.2, -0.15) is 0 Å². The molecule has 1 amide bonds. The van der Waals surface area contributed by atoms with E-state index in [0.29, 0.717) is 23.1 Å². The van der Waals surface area contributed by atoms with Crippen LogP contribution in [0.2, 0.25) is 5.02 Å². The van der Waals surface area contributed by atoms with Crippen molar-refractivity contribution in [2.45, 2.75) is 31.3 Å². The van der Waals surface area contributed by atoms with Crippen LogP contribution in [0.1, 0.15) is 31.2 Å². The van der Waals surface area contributed by atoms with Crippen LogP contribution in [0.4, 0.5) is 0 Å². The maximum Gasteiger partial charge on any atom is 0.233 e. The summed E-state index contributed by atoms with van der Waals surface area (Å²) >= 11 is 7.53. The maximum absolute atomic E-state index is 12.7. The molecule has 5 nitrogen and oxygen atoms in total. The molecule has 3 aromatic rings. The van der Waals surface area contributed by atoms with Crippen molar-refractivity contribution in [3.8, 4) is 5.69 Å². The van der Waals surface area contributed by atoms with Gasteiger partial charge in [-0.05, 0) is 48.6 Å². The third-order valence-corrected chi connectivity index (χ3v) is 6.49. The fraction of sp³-hybridized carbons (Fsp3) is 0.348. The molecule has 4 rings (SSSR count). The molecule has 1 fully saturated rings. The molecule has 1 unspecified atom stereocenters. The van der Waals surface area contributed by atoms with Crippen LogP contribution in [-0.2, 0) is 11.2 Å². The molecular formula is C23H25ClN4OS. The number of hydrogen-bond acceptors (Lipinski definition) is 4. The van der Waals surface area contributed by atoms with Crippen LogP contribution in [0.15, 0.2) is 59.8 Å². The summed E-state index contributed by atoms with van der Waals surface area (Å²) in [6.07, 6.45) is 2.94. The molecule has 30 heavy (non-hydrogen) atoms. The molecule has 156 valence electrons. The lowest BCUT2D eigenvalue weighted by Crippen LogP contribution is -2.40. The summed E-state index contributed by atoms with van der Waals surface area (Å²) in [5.41, 5.74) is 2.10. The molecule has 2 heterocycles. The topological polar surface area (TPSA) is 51.0 Å². The summed E-state index contributed by atoms with van der Waals surface area (Å²) in [5.74, 6) is 1.94. The van der Waals surface area contributed by atoms with Gasteiger partial charge in [0.05, 0.1) is 5.75 Å². The summed E-state index contributed by atoms with van der Waals surface area (Å²) in [7, 11) is 0. The van der Waals surface area contributed by atoms with E-state index in [1.54, 1.807) is 0 Å². The SMILES string of the molecule is CC1CCCN(C(=O)CSc2nnc(Cc3ccccc3)n2-c2ccc(Cl)cc2)C1. The zero-order valence-electron chi connectivity index (χ0n) is 17.0. The van der Waals surface area contributed by atoms with Gasteiger partial charge in [-0.1, -0.05) is 60.6 Å². The van der Waals surface area contributed by atoms with Gasteiger partial charge in [-0.25, -0.2) is 0 Å². The predicted molar refractivity (Wildman–Crippen MR) is 121 cm³/mol. The first-order valence-electron chi connectivity index (χ1n) is 10.2. The van der Waals surface area contributed by atoms with Gasteiger partial charge in [-0.15, -0.1) is 10.2 Å². The van der Waals surface area contributed by atoms with E-state index >= 15 is 0 Å². The summed E-state index contributed by atoms with van der Waals surface area (Å²) < 4.78 is 2.03. The highest BCUT2D eigenvalue weighted by atomic mass is 35.5. The highest BCUT2D eigenvalue weighted by Crippen LogP contribution is 2.25. The van der Waals surface area contributed by atoms with E-state index in [0.717, 1.165) is 41.7 Å². The fourth-order valence-electron chi connectivity index (χ4n) is 3.77. The minimum Gasteiger partial charge on any atom is -0.342 e. The molecule has 1 atom stereocenters. The van der Waals surface area contributed by atoms with E-state index in [1.807, 2.05) is 51.9 Å². The number of hydrogen-bond donors (Lipinski definition) is 0. The smallest absolute Gasteiger partial charge is 0.233 e. The van der Waals surface area contributed by atoms with Gasteiger partial charge in [0.25, 0.3) is 0 Å². The predicted octanol–water partition coefficient (Wildman–Crippen LogP) is 4.86. The van der Waals surface area contributed by atoms with Crippen molar-refractivity contribution >= 4 is 29.3 Å². The Morgan fingerprint density at radius 2 is 1.90 bits per heavy atom. The molecule has 0 saturated carbocycles. The Kier molecular flexibility index (Phi) is 6.75. The van der Waals surface area contributed by atoms with Crippen LogP contribution in [0.3, 0.4) is 0 Å². The number of nitrogens with zero attached hydrogens (tertiary/aromatic N) is 4. The number of carbonyl (C=O) groups is 1. The first-order valence-corrected chi connectivity index (χ1v) is 11.6. The summed E-state index contributed by atoms with van der Waals surface area (Å²) in [6.45, 7) is 3.91. The Balaban J connectivity index is 1.56. The van der Waals surface area contributed by atoms with Crippen molar-refractivity contribution in [2.75, 3.05) is 18.8 Å². The summed E-state index contributed by atoms with van der Waals surface area (Å²) in [6, 6.07) is 17.8. The van der Waals surface area contributed by atoms with Crippen LogP contribution in [0, 0.1) is 5.92 Å². The Bertz CT molecular complexity index is 990. The number of aromatic nitrogens is 3. The first-order chi connectivity index (χ1) is 14.6. The lowest BCUT2D eigenvalue weighted by Gasteiger charge is -2.30. The lowest BCUT2D eigenvalue weighted by molar-refractivity contribution is -0.130. The monoisotopic (exact) mass is 440 g/mol. The number of amides is 1. The maximum atomic E-state index is 12.7. The van der Waals surface area contributed by atoms with Gasteiger partial charge in [-0.3, -0.25) is 9.36 Å². The highest BCUT2D eigenvalue weighted by Gasteiger charge is 2.22. The fourth-order valence-corrected chi connectivity index (χ4v) is 4.77. The van der Waals surface area contributed by atoms with Crippen molar-refractivity contribution in [1.82, 2.24) is 19.7 Å². The van der Waals surface area contributed by atoms with Gasteiger partial charge < -0.3 is 4.90 Å². The largest absolute Gasteiger partial charge is 0.342 e. The minimum atomic E-state index is 0.168. The number of halogens is 1. The Labute approximate surface area is 186 Å². The number of benzene rings is 2. The Morgan fingerprint density at radius 3 is 2.63 bits per heavy atom. The van der Waals surface area contributed by atoms with Crippen LogP contribution >= 0.6 is 23.4 Å². The second-order valence-electron chi connectivity index (χ2n) is 7.75. The average molecular weight is 441 g/mol. The lowest BCUT2D eigenvalue weighted by atomic mass is 10.0. The first kappa shape index (κ1) is 20.9. The van der Waals surface area contributed by atoms with Crippen LogP contribution in [0.5, 0.6) is 0 Å². The van der Waals surface area contributed by atoms with Crippen molar-refractivity contribution < 1.29 is 4.79 Å². The minimum absolute atomic E-state index is 0.168. The normalized spacial score (nSPS) is 16.6. The molecule has 1 aliphatic heterocycles. The zero-order chi connectivity index (χ0) is 20.9. The van der Waals surface area contributed by atoms with Gasteiger partial charge in [0.2, 0.25) is 5.91 Å². The Hall–Kier alpha value is -2.31. The molecule has 7 heteroatoms. The molecular weight excluding hydrogens is 416 g/mol. The van der Waals surface area contributed by atoms with E-state index in [2.05, 4.69) is 29.3 Å². The Morgan fingerprint density at radius 1 is 1.13 bits per heavy atom. The van der Waals surface area contributed by atoms with E-state index < -0.39 is 0 Å². The van der Waals surface area contributed by atoms with E-state index in [9.17, 15) is 4.79 Å². The summed E-state index contributed by atoms with van der Waals surface area (Å²) in [4.78, 5) is 14.7. The standard InChI is InChI=1S/C23H25ClN4OS/c1-17-6-5-13-27(15-17)22(29)16-30-23-26-25-21(14-18-7-3-2-4-8-18)28(23)20-11-9-19(24)10-12-20/h2-4,7-12,17H,5-6,13-16H2,1H3. The molecule has 1 aliphatic rings. The van der Waals surface area contributed by atoms with Crippen molar-refractivity contribution in [2.24, 2.45) is 5.92 Å². The molecule has 0 bridgehead atoms.